The summed E-state index contributed by atoms with van der Waals surface area (Å²) in [6.07, 6.45) is 0.665. The number of fused-ring (bicyclic) bond motifs is 5. The van der Waals surface area contributed by atoms with Gasteiger partial charge < -0.3 is 9.32 Å². The molecule has 11 heteroatoms. The maximum Gasteiger partial charge on any atom is 0.297 e. The summed E-state index contributed by atoms with van der Waals surface area (Å²) in [6.45, 7) is 4.22. The molecule has 0 bridgehead atoms. The van der Waals surface area contributed by atoms with Gasteiger partial charge in [-0.1, -0.05) is 78.1 Å². The predicted octanol–water partition coefficient (Wildman–Crippen LogP) is 6.04. The number of halogens is 1. The van der Waals surface area contributed by atoms with Crippen molar-refractivity contribution in [2.45, 2.75) is 35.9 Å². The molecule has 2 amide bonds. The van der Waals surface area contributed by atoms with E-state index in [0.717, 1.165) is 16.9 Å². The minimum Gasteiger partial charge on any atom is -0.450 e. The monoisotopic (exact) mass is 598 g/mol. The molecule has 1 spiro atoms. The van der Waals surface area contributed by atoms with Gasteiger partial charge in [0.15, 0.2) is 15.3 Å². The minimum atomic E-state index is -1.82. The third kappa shape index (κ3) is 3.69. The fourth-order valence-electron chi connectivity index (χ4n) is 5.83. The Hall–Kier alpha value is -4.35. The molecule has 2 aliphatic rings. The van der Waals surface area contributed by atoms with E-state index in [0.29, 0.717) is 45.3 Å². The first kappa shape index (κ1) is 26.5. The molecular formula is C31H23FN4O4S2. The molecule has 0 saturated carbocycles. The van der Waals surface area contributed by atoms with E-state index < -0.39 is 22.8 Å². The van der Waals surface area contributed by atoms with Gasteiger partial charge in [0, 0.05) is 17.9 Å². The molecule has 2 aliphatic heterocycles. The van der Waals surface area contributed by atoms with Crippen molar-refractivity contribution in [3.63, 3.8) is 0 Å². The van der Waals surface area contributed by atoms with Crippen molar-refractivity contribution < 1.29 is 18.4 Å². The Bertz CT molecular complexity index is 1990. The molecule has 5 aromatic rings. The normalized spacial score (nSPS) is 17.5. The number of hydrogen-bond donors (Lipinski definition) is 0. The highest BCUT2D eigenvalue weighted by molar-refractivity contribution is 8.00. The topological polar surface area (TPSA) is 96.6 Å². The summed E-state index contributed by atoms with van der Waals surface area (Å²) in [4.78, 5) is 46.1. The second-order valence-corrected chi connectivity index (χ2v) is 12.4. The third-order valence-corrected chi connectivity index (χ3v) is 9.71. The summed E-state index contributed by atoms with van der Waals surface area (Å²) in [5.41, 5.74) is 0.469. The highest BCUT2D eigenvalue weighted by Crippen LogP contribution is 2.54. The van der Waals surface area contributed by atoms with Crippen molar-refractivity contribution in [2.24, 2.45) is 0 Å². The molecule has 0 aliphatic carbocycles. The summed E-state index contributed by atoms with van der Waals surface area (Å²) in [5.74, 6) is -1.28. The average Bonchev–Trinajstić information content (AvgIpc) is 3.63. The molecule has 42 heavy (non-hydrogen) atoms. The number of thioether (sulfide) groups is 1. The Morgan fingerprint density at radius 1 is 1.02 bits per heavy atom. The number of aromatic nitrogens is 2. The first-order valence-corrected chi connectivity index (χ1v) is 15.2. The van der Waals surface area contributed by atoms with Gasteiger partial charge in [-0.3, -0.25) is 19.3 Å². The maximum absolute atomic E-state index is 14.6. The van der Waals surface area contributed by atoms with Gasteiger partial charge in [0.2, 0.25) is 10.9 Å². The molecule has 0 fully saturated rings. The zero-order valence-electron chi connectivity index (χ0n) is 22.6. The van der Waals surface area contributed by atoms with E-state index in [1.165, 1.54) is 22.7 Å². The van der Waals surface area contributed by atoms with E-state index in [1.54, 1.807) is 53.4 Å². The van der Waals surface area contributed by atoms with Gasteiger partial charge in [-0.15, -0.1) is 10.2 Å². The van der Waals surface area contributed by atoms with Gasteiger partial charge in [-0.25, -0.2) is 4.39 Å². The highest BCUT2D eigenvalue weighted by Gasteiger charge is 2.66. The lowest BCUT2D eigenvalue weighted by molar-refractivity contribution is -0.121. The van der Waals surface area contributed by atoms with Crippen LogP contribution >= 0.6 is 23.1 Å². The molecule has 210 valence electrons. The number of amides is 2. The molecule has 1 atom stereocenters. The first-order chi connectivity index (χ1) is 20.4. The second kappa shape index (κ2) is 9.88. The number of nitrogens with zero attached hydrogens (tertiary/aromatic N) is 4. The quantitative estimate of drug-likeness (QED) is 0.174. The predicted molar refractivity (Wildman–Crippen MR) is 160 cm³/mol. The molecule has 0 N–H and O–H groups in total. The number of carbonyl (C=O) groups excluding carboxylic acids is 2. The first-order valence-electron chi connectivity index (χ1n) is 13.4. The average molecular weight is 599 g/mol. The van der Waals surface area contributed by atoms with E-state index in [9.17, 15) is 18.8 Å². The van der Waals surface area contributed by atoms with Crippen LogP contribution in [0.25, 0.3) is 11.0 Å². The number of carbonyl (C=O) groups is 2. The van der Waals surface area contributed by atoms with Crippen molar-refractivity contribution in [2.75, 3.05) is 16.3 Å². The fourth-order valence-corrected chi connectivity index (χ4v) is 7.71. The zero-order valence-corrected chi connectivity index (χ0v) is 24.2. The van der Waals surface area contributed by atoms with Crippen molar-refractivity contribution >= 4 is 56.7 Å². The van der Waals surface area contributed by atoms with E-state index in [2.05, 4.69) is 10.2 Å². The van der Waals surface area contributed by atoms with Crippen LogP contribution in [0.4, 0.5) is 15.2 Å². The maximum atomic E-state index is 14.6. The lowest BCUT2D eigenvalue weighted by Crippen LogP contribution is -2.53. The van der Waals surface area contributed by atoms with E-state index in [4.69, 9.17) is 4.42 Å². The van der Waals surface area contributed by atoms with Gasteiger partial charge in [-0.05, 0) is 43.2 Å². The number of benzene rings is 3. The Morgan fingerprint density at radius 3 is 2.62 bits per heavy atom. The van der Waals surface area contributed by atoms with Crippen molar-refractivity contribution in [1.29, 1.82) is 0 Å². The van der Waals surface area contributed by atoms with Crippen LogP contribution in [0.15, 0.2) is 80.3 Å². The summed E-state index contributed by atoms with van der Waals surface area (Å²) in [5, 5.41) is 9.02. The zero-order chi connectivity index (χ0) is 29.2. The fraction of sp³-hybridized carbons (Fsp3) is 0.194. The lowest BCUT2D eigenvalue weighted by Gasteiger charge is -2.32. The number of aryl methyl sites for hydroxylation is 1. The molecule has 7 rings (SSSR count). The van der Waals surface area contributed by atoms with Gasteiger partial charge in [-0.2, -0.15) is 0 Å². The molecule has 1 unspecified atom stereocenters. The Labute approximate surface area is 247 Å². The van der Waals surface area contributed by atoms with Crippen LogP contribution in [0.1, 0.15) is 46.2 Å². The summed E-state index contributed by atoms with van der Waals surface area (Å²) < 4.78 is 20.8. The summed E-state index contributed by atoms with van der Waals surface area (Å²) >= 11 is 2.38. The van der Waals surface area contributed by atoms with Crippen LogP contribution in [0, 0.1) is 12.7 Å². The van der Waals surface area contributed by atoms with E-state index >= 15 is 0 Å². The van der Waals surface area contributed by atoms with Crippen LogP contribution in [0.2, 0.25) is 0 Å². The van der Waals surface area contributed by atoms with E-state index in [1.807, 2.05) is 26.0 Å². The summed E-state index contributed by atoms with van der Waals surface area (Å²) in [6, 6.07) is 18.8. The minimum absolute atomic E-state index is 0.0163. The molecule has 0 saturated heterocycles. The van der Waals surface area contributed by atoms with Gasteiger partial charge in [0.25, 0.3) is 11.8 Å². The number of rotatable bonds is 6. The third-order valence-electron chi connectivity index (χ3n) is 7.62. The van der Waals surface area contributed by atoms with Crippen LogP contribution in [-0.4, -0.2) is 28.6 Å². The van der Waals surface area contributed by atoms with Gasteiger partial charge >= 0.3 is 0 Å². The number of hydrogen-bond acceptors (Lipinski definition) is 8. The van der Waals surface area contributed by atoms with Crippen LogP contribution in [-0.2, 0) is 16.1 Å². The molecule has 0 radical (unpaired) electrons. The molecule has 3 aromatic carbocycles. The van der Waals surface area contributed by atoms with Crippen molar-refractivity contribution in [3.05, 3.63) is 111 Å². The molecular weight excluding hydrogens is 575 g/mol. The highest BCUT2D eigenvalue weighted by atomic mass is 32.2. The summed E-state index contributed by atoms with van der Waals surface area (Å²) in [7, 11) is 0. The largest absolute Gasteiger partial charge is 0.450 e. The second-order valence-electron chi connectivity index (χ2n) is 10.2. The standard InChI is InChI=1S/C31H23FN4O4S2/c1-3-14-35-22-11-7-5-9-20(22)31(28(35)39)24-25(37)19-15-17(2)12-13-23(19)40-26(24)27(38)36(31)29-33-34-30(42-29)41-16-18-8-4-6-10-21(18)32/h4-13,15H,3,14,16H2,1-2H3. The lowest BCUT2D eigenvalue weighted by atomic mass is 9.84. The van der Waals surface area contributed by atoms with Crippen LogP contribution < -0.4 is 15.2 Å². The molecule has 4 heterocycles. The Morgan fingerprint density at radius 2 is 1.81 bits per heavy atom. The smallest absolute Gasteiger partial charge is 0.297 e. The van der Waals surface area contributed by atoms with Gasteiger partial charge in [0.05, 0.1) is 16.6 Å². The van der Waals surface area contributed by atoms with Crippen LogP contribution in [0.5, 0.6) is 0 Å². The van der Waals surface area contributed by atoms with Gasteiger partial charge in [0.1, 0.15) is 11.4 Å². The SMILES string of the molecule is CCCN1C(=O)C2(c3ccccc31)c1c(oc3ccc(C)cc3c1=O)C(=O)N2c1nnc(SCc2ccccc2F)s1. The number of para-hydroxylation sites is 1. The number of anilines is 2. The Balaban J connectivity index is 1.44. The van der Waals surface area contributed by atoms with E-state index in [-0.39, 0.29) is 27.9 Å². The molecule has 8 nitrogen and oxygen atoms in total. The molecule has 2 aromatic heterocycles. The van der Waals surface area contributed by atoms with Crippen LogP contribution in [0.3, 0.4) is 0 Å². The van der Waals surface area contributed by atoms with Crippen molar-refractivity contribution in [3.8, 4) is 0 Å². The van der Waals surface area contributed by atoms with Crippen molar-refractivity contribution in [1.82, 2.24) is 10.2 Å². The Kier molecular flexibility index (Phi) is 6.25.